The van der Waals surface area contributed by atoms with E-state index in [2.05, 4.69) is 10.6 Å². The first-order valence-corrected chi connectivity index (χ1v) is 5.83. The molecule has 1 saturated carbocycles. The van der Waals surface area contributed by atoms with Gasteiger partial charge in [0, 0.05) is 12.6 Å². The van der Waals surface area contributed by atoms with Crippen LogP contribution in [-0.2, 0) is 4.79 Å². The second kappa shape index (κ2) is 5.35. The number of hydrogen-bond acceptors (Lipinski definition) is 3. The number of hydrogen-bond donors (Lipinski definition) is 3. The summed E-state index contributed by atoms with van der Waals surface area (Å²) in [6, 6.07) is -0.191. The van der Waals surface area contributed by atoms with Gasteiger partial charge in [0.2, 0.25) is 0 Å². The van der Waals surface area contributed by atoms with Crippen LogP contribution in [0.15, 0.2) is 0 Å². The van der Waals surface area contributed by atoms with Gasteiger partial charge in [-0.15, -0.1) is 0 Å². The molecule has 0 spiro atoms. The average Bonchev–Trinajstić information content (AvgIpc) is 2.19. The second-order valence-corrected chi connectivity index (χ2v) is 4.89. The van der Waals surface area contributed by atoms with Crippen molar-refractivity contribution in [1.29, 1.82) is 0 Å². The summed E-state index contributed by atoms with van der Waals surface area (Å²) in [5.41, 5.74) is -1.04. The third-order valence-corrected chi connectivity index (χ3v) is 3.41. The summed E-state index contributed by atoms with van der Waals surface area (Å²) in [5, 5.41) is 14.3. The normalized spacial score (nSPS) is 19.3. The number of carboxylic acids is 1. The molecule has 1 unspecified atom stereocenters. The average molecular weight is 243 g/mol. The predicted octanol–water partition coefficient (Wildman–Crippen LogP) is 0.243. The molecular weight excluding hydrogens is 222 g/mol. The highest BCUT2D eigenvalue weighted by molar-refractivity contribution is 5.87. The Hall–Kier alpha value is -1.30. The molecular formula is C11H21N3O3. The van der Waals surface area contributed by atoms with Crippen molar-refractivity contribution < 1.29 is 14.7 Å². The van der Waals surface area contributed by atoms with E-state index in [1.54, 1.807) is 0 Å². The number of likely N-dealkylation sites (N-methyl/N-ethyl adjacent to an activating group) is 1. The zero-order valence-corrected chi connectivity index (χ0v) is 10.6. The first-order chi connectivity index (χ1) is 7.87. The summed E-state index contributed by atoms with van der Waals surface area (Å²) < 4.78 is 0. The number of nitrogens with one attached hydrogen (secondary N) is 2. The molecule has 1 aliphatic carbocycles. The fourth-order valence-corrected chi connectivity index (χ4v) is 1.61. The minimum Gasteiger partial charge on any atom is -0.480 e. The Morgan fingerprint density at radius 3 is 2.35 bits per heavy atom. The van der Waals surface area contributed by atoms with E-state index >= 15 is 0 Å². The van der Waals surface area contributed by atoms with Gasteiger partial charge in [0.1, 0.15) is 5.54 Å². The maximum atomic E-state index is 11.6. The Bertz CT molecular complexity index is 300. The Labute approximate surface area is 101 Å². The van der Waals surface area contributed by atoms with E-state index in [9.17, 15) is 9.59 Å². The number of carbonyl (C=O) groups excluding carboxylic acids is 1. The van der Waals surface area contributed by atoms with Crippen LogP contribution in [0.5, 0.6) is 0 Å². The van der Waals surface area contributed by atoms with Gasteiger partial charge in [0.15, 0.2) is 0 Å². The van der Waals surface area contributed by atoms with Crippen LogP contribution in [0.2, 0.25) is 0 Å². The first-order valence-electron chi connectivity index (χ1n) is 5.83. The molecule has 1 rings (SSSR count). The number of carbonyl (C=O) groups is 2. The van der Waals surface area contributed by atoms with Crippen molar-refractivity contribution in [3.8, 4) is 0 Å². The molecule has 0 radical (unpaired) electrons. The molecule has 1 fully saturated rings. The minimum absolute atomic E-state index is 0.211. The number of nitrogens with zero attached hydrogens (tertiary/aromatic N) is 1. The van der Waals surface area contributed by atoms with E-state index < -0.39 is 17.5 Å². The number of carboxylic acid groups (broad SMARTS) is 1. The lowest BCUT2D eigenvalue weighted by Crippen LogP contribution is -2.61. The summed E-state index contributed by atoms with van der Waals surface area (Å²) in [7, 11) is 3.85. The zero-order valence-electron chi connectivity index (χ0n) is 10.6. The van der Waals surface area contributed by atoms with Gasteiger partial charge in [-0.3, -0.25) is 0 Å². The second-order valence-electron chi connectivity index (χ2n) is 4.89. The standard InChI is InChI=1S/C11H21N3O3/c1-8(14(2)3)7-12-10(17)13-11(9(15)16)5-4-6-11/h8H,4-7H2,1-3H3,(H,15,16)(H2,12,13,17). The van der Waals surface area contributed by atoms with Gasteiger partial charge in [0.05, 0.1) is 0 Å². The molecule has 17 heavy (non-hydrogen) atoms. The number of amides is 2. The molecule has 98 valence electrons. The van der Waals surface area contributed by atoms with Gasteiger partial charge in [-0.05, 0) is 40.3 Å². The monoisotopic (exact) mass is 243 g/mol. The van der Waals surface area contributed by atoms with Crippen LogP contribution in [-0.4, -0.2) is 54.2 Å². The quantitative estimate of drug-likeness (QED) is 0.646. The molecule has 0 aliphatic heterocycles. The predicted molar refractivity (Wildman–Crippen MR) is 63.9 cm³/mol. The highest BCUT2D eigenvalue weighted by atomic mass is 16.4. The topological polar surface area (TPSA) is 81.7 Å². The van der Waals surface area contributed by atoms with E-state index in [4.69, 9.17) is 5.11 Å². The van der Waals surface area contributed by atoms with E-state index in [1.807, 2.05) is 25.9 Å². The lowest BCUT2D eigenvalue weighted by Gasteiger charge is -2.38. The molecule has 0 bridgehead atoms. The lowest BCUT2D eigenvalue weighted by atomic mass is 9.77. The largest absolute Gasteiger partial charge is 0.480 e. The highest BCUT2D eigenvalue weighted by Gasteiger charge is 2.45. The van der Waals surface area contributed by atoms with Crippen LogP contribution in [0, 0.1) is 0 Å². The molecule has 0 aromatic carbocycles. The van der Waals surface area contributed by atoms with Crippen molar-refractivity contribution in [2.75, 3.05) is 20.6 Å². The third-order valence-electron chi connectivity index (χ3n) is 3.41. The van der Waals surface area contributed by atoms with Gasteiger partial charge >= 0.3 is 12.0 Å². The van der Waals surface area contributed by atoms with Crippen molar-refractivity contribution in [2.45, 2.75) is 37.8 Å². The van der Waals surface area contributed by atoms with E-state index in [-0.39, 0.29) is 6.04 Å². The van der Waals surface area contributed by atoms with Crippen molar-refractivity contribution in [1.82, 2.24) is 15.5 Å². The molecule has 6 heteroatoms. The highest BCUT2D eigenvalue weighted by Crippen LogP contribution is 2.31. The molecule has 3 N–H and O–H groups in total. The molecule has 0 heterocycles. The SMILES string of the molecule is CC(CNC(=O)NC1(C(=O)O)CCC1)N(C)C. The maximum absolute atomic E-state index is 11.6. The first kappa shape index (κ1) is 13.8. The van der Waals surface area contributed by atoms with Crippen molar-refractivity contribution in [3.05, 3.63) is 0 Å². The van der Waals surface area contributed by atoms with E-state index in [0.717, 1.165) is 6.42 Å². The zero-order chi connectivity index (χ0) is 13.1. The number of aliphatic carboxylic acids is 1. The Morgan fingerprint density at radius 1 is 1.41 bits per heavy atom. The van der Waals surface area contributed by atoms with E-state index in [0.29, 0.717) is 19.4 Å². The maximum Gasteiger partial charge on any atom is 0.329 e. The fourth-order valence-electron chi connectivity index (χ4n) is 1.61. The molecule has 2 amide bonds. The Morgan fingerprint density at radius 2 is 2.00 bits per heavy atom. The Balaban J connectivity index is 2.37. The van der Waals surface area contributed by atoms with Crippen LogP contribution in [0.1, 0.15) is 26.2 Å². The molecule has 0 aromatic heterocycles. The number of urea groups is 1. The molecule has 6 nitrogen and oxygen atoms in total. The summed E-state index contributed by atoms with van der Waals surface area (Å²) in [5.74, 6) is -0.945. The summed E-state index contributed by atoms with van der Waals surface area (Å²) >= 11 is 0. The van der Waals surface area contributed by atoms with Crippen LogP contribution in [0.4, 0.5) is 4.79 Å². The summed E-state index contributed by atoms with van der Waals surface area (Å²) in [4.78, 5) is 24.6. The van der Waals surface area contributed by atoms with Crippen LogP contribution < -0.4 is 10.6 Å². The van der Waals surface area contributed by atoms with E-state index in [1.165, 1.54) is 0 Å². The Kier molecular flexibility index (Phi) is 4.34. The van der Waals surface area contributed by atoms with Gasteiger partial charge in [-0.25, -0.2) is 9.59 Å². The summed E-state index contributed by atoms with van der Waals surface area (Å²) in [6.07, 6.45) is 1.87. The van der Waals surface area contributed by atoms with Crippen LogP contribution in [0.25, 0.3) is 0 Å². The summed E-state index contributed by atoms with van der Waals surface area (Å²) in [6.45, 7) is 2.48. The lowest BCUT2D eigenvalue weighted by molar-refractivity contribution is -0.148. The van der Waals surface area contributed by atoms with Gasteiger partial charge in [0.25, 0.3) is 0 Å². The van der Waals surface area contributed by atoms with Crippen molar-refractivity contribution in [3.63, 3.8) is 0 Å². The van der Waals surface area contributed by atoms with Crippen molar-refractivity contribution >= 4 is 12.0 Å². The number of rotatable bonds is 5. The van der Waals surface area contributed by atoms with Crippen molar-refractivity contribution in [2.24, 2.45) is 0 Å². The molecule has 0 aromatic rings. The molecule has 0 saturated heterocycles. The minimum atomic E-state index is -1.04. The van der Waals surface area contributed by atoms with Gasteiger partial charge in [-0.2, -0.15) is 0 Å². The van der Waals surface area contributed by atoms with Crippen LogP contribution in [0.3, 0.4) is 0 Å². The molecule has 1 atom stereocenters. The van der Waals surface area contributed by atoms with Gasteiger partial charge in [-0.1, -0.05) is 0 Å². The smallest absolute Gasteiger partial charge is 0.329 e. The molecule has 1 aliphatic rings. The van der Waals surface area contributed by atoms with Gasteiger partial charge < -0.3 is 20.6 Å². The fraction of sp³-hybridized carbons (Fsp3) is 0.818. The van der Waals surface area contributed by atoms with Crippen LogP contribution >= 0.6 is 0 Å². The third kappa shape index (κ3) is 3.33.